The van der Waals surface area contributed by atoms with Crippen LogP contribution in [0.5, 0.6) is 0 Å². The van der Waals surface area contributed by atoms with Crippen molar-refractivity contribution in [3.05, 3.63) is 215 Å². The van der Waals surface area contributed by atoms with Crippen LogP contribution in [0.1, 0.15) is 33.4 Å². The third-order valence-electron chi connectivity index (χ3n) is 8.07. The fourth-order valence-corrected chi connectivity index (χ4v) is 5.95. The normalized spacial score (nSPS) is 11.5. The maximum absolute atomic E-state index is 14.5. The maximum atomic E-state index is 14.5. The monoisotopic (exact) mass is 574 g/mol. The number of rotatable bonds is 10. The van der Waals surface area contributed by atoms with E-state index in [1.807, 2.05) is 158 Å². The van der Waals surface area contributed by atoms with Gasteiger partial charge in [-0.15, -0.1) is 0 Å². The molecule has 0 radical (unpaired) electrons. The zero-order valence-electron chi connectivity index (χ0n) is 24.5. The van der Waals surface area contributed by atoms with Crippen molar-refractivity contribution in [1.29, 1.82) is 0 Å². The van der Waals surface area contributed by atoms with Crippen LogP contribution >= 0.6 is 0 Å². The molecular weight excluding hydrogens is 540 g/mol. The average Bonchev–Trinajstić information content (AvgIpc) is 3.10. The van der Waals surface area contributed by atoms with E-state index in [9.17, 15) is 4.79 Å². The van der Waals surface area contributed by atoms with Gasteiger partial charge in [0.2, 0.25) is 0 Å². The lowest BCUT2D eigenvalue weighted by Gasteiger charge is -2.38. The first-order valence-corrected chi connectivity index (χ1v) is 14.9. The smallest absolute Gasteiger partial charge is 0.417 e. The molecule has 216 valence electrons. The summed E-state index contributed by atoms with van der Waals surface area (Å²) in [5.74, 6) is 0. The van der Waals surface area contributed by atoms with Crippen LogP contribution in [0.3, 0.4) is 0 Å². The van der Waals surface area contributed by atoms with Crippen LogP contribution in [0.15, 0.2) is 182 Å². The summed E-state index contributed by atoms with van der Waals surface area (Å²) < 4.78 is 13.4. The molecule has 0 fully saturated rings. The van der Waals surface area contributed by atoms with E-state index in [-0.39, 0.29) is 0 Å². The van der Waals surface area contributed by atoms with Crippen LogP contribution in [-0.2, 0) is 33.5 Å². The van der Waals surface area contributed by atoms with Gasteiger partial charge in [-0.05, 0) is 11.1 Å². The Labute approximate surface area is 259 Å². The highest BCUT2D eigenvalue weighted by Crippen LogP contribution is 2.41. The van der Waals surface area contributed by atoms with Gasteiger partial charge in [-0.2, -0.15) is 0 Å². The molecule has 0 aromatic heterocycles. The van der Waals surface area contributed by atoms with Crippen molar-refractivity contribution < 1.29 is 14.3 Å². The quantitative estimate of drug-likeness (QED) is 0.153. The highest BCUT2D eigenvalue weighted by atomic mass is 16.7. The summed E-state index contributed by atoms with van der Waals surface area (Å²) in [6, 6.07) is 60.0. The summed E-state index contributed by atoms with van der Waals surface area (Å²) in [4.78, 5) is 14.5. The molecule has 0 N–H and O–H groups in total. The molecular formula is C41H34O3. The minimum Gasteiger partial charge on any atom is -0.417 e. The third-order valence-corrected chi connectivity index (χ3v) is 8.07. The summed E-state index contributed by atoms with van der Waals surface area (Å²) in [5, 5.41) is 0. The van der Waals surface area contributed by atoms with Gasteiger partial charge >= 0.3 is 6.16 Å². The van der Waals surface area contributed by atoms with Gasteiger partial charge < -0.3 is 9.47 Å². The van der Waals surface area contributed by atoms with Crippen LogP contribution in [0.4, 0.5) is 4.79 Å². The van der Waals surface area contributed by atoms with Gasteiger partial charge in [0.15, 0.2) is 11.2 Å². The molecule has 0 amide bonds. The standard InChI is InChI=1S/C41H34O3/c42-39(43-40(35-23-11-3-12-24-35,36-25-13-4-14-26-36)31-33-19-7-1-8-20-33)44-41(37-27-15-5-16-28-37,38-29-17-6-18-30-38)32-34-21-9-2-10-22-34/h1-30H,31-32H2. The number of hydrogen-bond donors (Lipinski definition) is 0. The van der Waals surface area contributed by atoms with Crippen LogP contribution in [0, 0.1) is 0 Å². The number of ether oxygens (including phenoxy) is 2. The SMILES string of the molecule is O=C(OC(Cc1ccccc1)(c1ccccc1)c1ccccc1)OC(Cc1ccccc1)(c1ccccc1)c1ccccc1. The van der Waals surface area contributed by atoms with E-state index in [2.05, 4.69) is 24.3 Å². The summed E-state index contributed by atoms with van der Waals surface area (Å²) in [5.41, 5.74) is 3.23. The van der Waals surface area contributed by atoms with Gasteiger partial charge in [0.05, 0.1) is 0 Å². The van der Waals surface area contributed by atoms with E-state index in [0.29, 0.717) is 12.8 Å². The van der Waals surface area contributed by atoms with E-state index in [1.165, 1.54) is 0 Å². The Morgan fingerprint density at radius 1 is 0.364 bits per heavy atom. The second kappa shape index (κ2) is 13.3. The Balaban J connectivity index is 1.49. The molecule has 3 heteroatoms. The van der Waals surface area contributed by atoms with Gasteiger partial charge in [0, 0.05) is 35.1 Å². The summed E-state index contributed by atoms with van der Waals surface area (Å²) in [6.07, 6.45) is 0.107. The van der Waals surface area contributed by atoms with Gasteiger partial charge in [0.1, 0.15) is 0 Å². The molecule has 44 heavy (non-hydrogen) atoms. The van der Waals surface area contributed by atoms with E-state index in [1.54, 1.807) is 0 Å². The average molecular weight is 575 g/mol. The predicted molar refractivity (Wildman–Crippen MR) is 175 cm³/mol. The molecule has 0 aliphatic heterocycles. The van der Waals surface area contributed by atoms with Crippen molar-refractivity contribution in [2.24, 2.45) is 0 Å². The van der Waals surface area contributed by atoms with Crippen molar-refractivity contribution in [2.45, 2.75) is 24.0 Å². The largest absolute Gasteiger partial charge is 0.510 e. The molecule has 0 heterocycles. The maximum Gasteiger partial charge on any atom is 0.510 e. The zero-order chi connectivity index (χ0) is 30.1. The lowest BCUT2D eigenvalue weighted by molar-refractivity contribution is -0.0606. The molecule has 6 aromatic carbocycles. The fourth-order valence-electron chi connectivity index (χ4n) is 5.95. The van der Waals surface area contributed by atoms with Crippen LogP contribution < -0.4 is 0 Å². The first-order chi connectivity index (χ1) is 21.7. The van der Waals surface area contributed by atoms with E-state index >= 15 is 0 Å². The van der Waals surface area contributed by atoms with Crippen molar-refractivity contribution in [3.63, 3.8) is 0 Å². The fraction of sp³-hybridized carbons (Fsp3) is 0.0976. The molecule has 0 unspecified atom stereocenters. The Hall–Kier alpha value is -5.41. The predicted octanol–water partition coefficient (Wildman–Crippen LogP) is 9.51. The Bertz CT molecular complexity index is 1530. The molecule has 6 rings (SSSR count). The summed E-state index contributed by atoms with van der Waals surface area (Å²) >= 11 is 0. The number of benzene rings is 6. The van der Waals surface area contributed by atoms with Crippen molar-refractivity contribution in [1.82, 2.24) is 0 Å². The van der Waals surface area contributed by atoms with Gasteiger partial charge in [-0.3, -0.25) is 0 Å². The lowest BCUT2D eigenvalue weighted by Crippen LogP contribution is -2.41. The minimum absolute atomic E-state index is 0.430. The highest BCUT2D eigenvalue weighted by Gasteiger charge is 2.44. The summed E-state index contributed by atoms with van der Waals surface area (Å²) in [6.45, 7) is 0. The molecule has 0 aliphatic carbocycles. The van der Waals surface area contributed by atoms with Crippen LogP contribution in [0.25, 0.3) is 0 Å². The molecule has 0 aliphatic rings. The highest BCUT2D eigenvalue weighted by molar-refractivity contribution is 5.65. The molecule has 3 nitrogen and oxygen atoms in total. The van der Waals surface area contributed by atoms with Crippen molar-refractivity contribution >= 4 is 6.16 Å². The number of carbonyl (C=O) groups is 1. The number of hydrogen-bond acceptors (Lipinski definition) is 3. The topological polar surface area (TPSA) is 35.5 Å². The van der Waals surface area contributed by atoms with Crippen molar-refractivity contribution in [3.8, 4) is 0 Å². The van der Waals surface area contributed by atoms with E-state index in [4.69, 9.17) is 9.47 Å². The van der Waals surface area contributed by atoms with Crippen molar-refractivity contribution in [2.75, 3.05) is 0 Å². The Morgan fingerprint density at radius 3 is 0.841 bits per heavy atom. The third kappa shape index (κ3) is 6.18. The van der Waals surface area contributed by atoms with E-state index < -0.39 is 17.4 Å². The molecule has 0 spiro atoms. The first-order valence-electron chi connectivity index (χ1n) is 14.9. The Morgan fingerprint density at radius 2 is 0.591 bits per heavy atom. The van der Waals surface area contributed by atoms with Gasteiger partial charge in [0.25, 0.3) is 0 Å². The molecule has 6 aromatic rings. The molecule has 0 bridgehead atoms. The van der Waals surface area contributed by atoms with Crippen LogP contribution in [0.2, 0.25) is 0 Å². The molecule has 0 atom stereocenters. The molecule has 0 saturated heterocycles. The number of carbonyl (C=O) groups excluding carboxylic acids is 1. The summed E-state index contributed by atoms with van der Waals surface area (Å²) in [7, 11) is 0. The van der Waals surface area contributed by atoms with Crippen LogP contribution in [-0.4, -0.2) is 6.16 Å². The van der Waals surface area contributed by atoms with Gasteiger partial charge in [-0.25, -0.2) is 4.79 Å². The Kier molecular flexibility index (Phi) is 8.65. The van der Waals surface area contributed by atoms with E-state index in [0.717, 1.165) is 33.4 Å². The van der Waals surface area contributed by atoms with Gasteiger partial charge in [-0.1, -0.05) is 182 Å². The lowest BCUT2D eigenvalue weighted by atomic mass is 9.80. The zero-order valence-corrected chi connectivity index (χ0v) is 24.5. The first kappa shape index (κ1) is 28.7. The second-order valence-electron chi connectivity index (χ2n) is 10.9. The minimum atomic E-state index is -1.15. The molecule has 0 saturated carbocycles. The second-order valence-corrected chi connectivity index (χ2v) is 10.9.